The smallest absolute Gasteiger partial charge is 0.342 e. The summed E-state index contributed by atoms with van der Waals surface area (Å²) in [7, 11) is 0. The summed E-state index contributed by atoms with van der Waals surface area (Å²) in [6.45, 7) is 0.855. The van der Waals surface area contributed by atoms with Crippen molar-refractivity contribution in [2.45, 2.75) is 44.7 Å². The third kappa shape index (κ3) is 3.48. The lowest BCUT2D eigenvalue weighted by atomic mass is 9.81. The number of carbonyl (C=O) groups excluding carboxylic acids is 2. The number of ketones is 1. The minimum absolute atomic E-state index is 0.0483. The lowest BCUT2D eigenvalue weighted by molar-refractivity contribution is -0.185. The number of halogens is 3. The molecule has 1 amide bonds. The molecule has 0 aromatic rings. The fraction of sp³-hybridized carbons (Fsp3) is 0.846. The number of amides is 1. The molecule has 1 aliphatic carbocycles. The van der Waals surface area contributed by atoms with Crippen molar-refractivity contribution in [1.82, 2.24) is 4.90 Å². The topological polar surface area (TPSA) is 37.4 Å². The van der Waals surface area contributed by atoms with E-state index in [0.717, 1.165) is 0 Å². The van der Waals surface area contributed by atoms with E-state index in [1.807, 2.05) is 0 Å². The molecule has 1 heterocycles. The molecule has 0 N–H and O–H groups in total. The number of hydrogen-bond acceptors (Lipinski definition) is 2. The Hall–Kier alpha value is -1.07. The predicted octanol–water partition coefficient (Wildman–Crippen LogP) is 2.55. The number of hydrogen-bond donors (Lipinski definition) is 0. The second kappa shape index (κ2) is 5.51. The Morgan fingerprint density at radius 2 is 1.58 bits per heavy atom. The molecular weight excluding hydrogens is 259 g/mol. The van der Waals surface area contributed by atoms with E-state index in [9.17, 15) is 22.8 Å². The molecule has 19 heavy (non-hydrogen) atoms. The Kier molecular flexibility index (Phi) is 4.16. The van der Waals surface area contributed by atoms with Gasteiger partial charge in [-0.2, -0.15) is 13.2 Å². The summed E-state index contributed by atoms with van der Waals surface area (Å²) < 4.78 is 37.6. The summed E-state index contributed by atoms with van der Waals surface area (Å²) in [5, 5.41) is 0. The first kappa shape index (κ1) is 14.3. The van der Waals surface area contributed by atoms with Crippen LogP contribution in [0.25, 0.3) is 0 Å². The van der Waals surface area contributed by atoms with Gasteiger partial charge in [-0.25, -0.2) is 0 Å². The van der Waals surface area contributed by atoms with Crippen molar-refractivity contribution in [2.75, 3.05) is 13.1 Å². The van der Waals surface area contributed by atoms with Crippen LogP contribution in [-0.4, -0.2) is 35.9 Å². The van der Waals surface area contributed by atoms with Crippen molar-refractivity contribution in [3.63, 3.8) is 0 Å². The highest BCUT2D eigenvalue weighted by molar-refractivity contribution is 5.84. The van der Waals surface area contributed by atoms with Gasteiger partial charge in [0, 0.05) is 31.8 Å². The molecule has 6 heteroatoms. The number of piperidine rings is 1. The zero-order valence-electron chi connectivity index (χ0n) is 10.7. The molecule has 0 bridgehead atoms. The molecule has 1 saturated carbocycles. The Morgan fingerprint density at radius 1 is 1.05 bits per heavy atom. The quantitative estimate of drug-likeness (QED) is 0.738. The zero-order valence-corrected chi connectivity index (χ0v) is 10.7. The lowest BCUT2D eigenvalue weighted by Gasteiger charge is -2.34. The van der Waals surface area contributed by atoms with Gasteiger partial charge in [-0.3, -0.25) is 9.59 Å². The summed E-state index contributed by atoms with van der Waals surface area (Å²) in [6, 6.07) is 0. The molecule has 1 saturated heterocycles. The molecule has 0 aromatic carbocycles. The number of alkyl halides is 3. The van der Waals surface area contributed by atoms with Crippen LogP contribution < -0.4 is 0 Å². The number of carbonyl (C=O) groups is 2. The molecule has 2 aliphatic rings. The van der Waals surface area contributed by atoms with Crippen LogP contribution in [0.2, 0.25) is 0 Å². The number of nitrogens with zero attached hydrogens (tertiary/aromatic N) is 1. The van der Waals surface area contributed by atoms with Crippen molar-refractivity contribution in [3.8, 4) is 0 Å². The molecular formula is C13H18F3NO2. The number of rotatable bonds is 1. The number of Topliss-reactive ketones (excluding diaryl/α,β-unsaturated/α-hetero) is 1. The second-order valence-electron chi connectivity index (χ2n) is 5.45. The van der Waals surface area contributed by atoms with Crippen molar-refractivity contribution in [2.24, 2.45) is 11.8 Å². The predicted molar refractivity (Wildman–Crippen MR) is 62.3 cm³/mol. The highest BCUT2D eigenvalue weighted by atomic mass is 19.4. The van der Waals surface area contributed by atoms with Gasteiger partial charge >= 0.3 is 6.18 Å². The average Bonchev–Trinajstić information content (AvgIpc) is 2.38. The maximum absolute atomic E-state index is 12.5. The maximum Gasteiger partial charge on any atom is 0.391 e. The van der Waals surface area contributed by atoms with Crippen molar-refractivity contribution >= 4 is 11.7 Å². The molecule has 2 fully saturated rings. The standard InChI is InChI=1S/C13H18F3NO2/c14-13(15,16)10-3-1-9(2-4-10)12(19)17-7-5-11(18)6-8-17/h9-10H,1-8H2. The number of likely N-dealkylation sites (tertiary alicyclic amines) is 1. The van der Waals surface area contributed by atoms with Crippen LogP contribution in [0.15, 0.2) is 0 Å². The van der Waals surface area contributed by atoms with E-state index in [1.165, 1.54) is 0 Å². The van der Waals surface area contributed by atoms with E-state index in [1.54, 1.807) is 4.90 Å². The van der Waals surface area contributed by atoms with Gasteiger partial charge in [0.2, 0.25) is 5.91 Å². The Labute approximate surface area is 110 Å². The zero-order chi connectivity index (χ0) is 14.0. The summed E-state index contributed by atoms with van der Waals surface area (Å²) in [5.74, 6) is -1.44. The molecule has 2 rings (SSSR count). The van der Waals surface area contributed by atoms with Gasteiger partial charge in [0.25, 0.3) is 0 Å². The average molecular weight is 277 g/mol. The fourth-order valence-corrected chi connectivity index (χ4v) is 2.90. The van der Waals surface area contributed by atoms with E-state index < -0.39 is 12.1 Å². The first-order chi connectivity index (χ1) is 8.88. The summed E-state index contributed by atoms with van der Waals surface area (Å²) in [6.07, 6.45) is -2.65. The summed E-state index contributed by atoms with van der Waals surface area (Å²) >= 11 is 0. The first-order valence-corrected chi connectivity index (χ1v) is 6.75. The van der Waals surface area contributed by atoms with Crippen LogP contribution in [0.4, 0.5) is 13.2 Å². The Bertz CT molecular complexity index is 349. The third-order valence-electron chi connectivity index (χ3n) is 4.17. The normalized spacial score (nSPS) is 29.4. The van der Waals surface area contributed by atoms with Gasteiger partial charge in [-0.1, -0.05) is 0 Å². The minimum atomic E-state index is -4.13. The van der Waals surface area contributed by atoms with Crippen molar-refractivity contribution in [1.29, 1.82) is 0 Å². The second-order valence-corrected chi connectivity index (χ2v) is 5.45. The minimum Gasteiger partial charge on any atom is -0.342 e. The van der Waals surface area contributed by atoms with E-state index >= 15 is 0 Å². The molecule has 0 radical (unpaired) electrons. The highest BCUT2D eigenvalue weighted by Gasteiger charge is 2.43. The van der Waals surface area contributed by atoms with Crippen LogP contribution in [0.3, 0.4) is 0 Å². The molecule has 0 unspecified atom stereocenters. The SMILES string of the molecule is O=C1CCN(C(=O)C2CCC(C(F)(F)F)CC2)CC1. The third-order valence-corrected chi connectivity index (χ3v) is 4.17. The van der Waals surface area contributed by atoms with Gasteiger partial charge in [-0.05, 0) is 25.7 Å². The van der Waals surface area contributed by atoms with Crippen molar-refractivity contribution < 1.29 is 22.8 Å². The van der Waals surface area contributed by atoms with Gasteiger partial charge < -0.3 is 4.90 Å². The molecule has 108 valence electrons. The van der Waals surface area contributed by atoms with Gasteiger partial charge in [0.05, 0.1) is 5.92 Å². The summed E-state index contributed by atoms with van der Waals surface area (Å²) in [5.41, 5.74) is 0. The highest BCUT2D eigenvalue weighted by Crippen LogP contribution is 2.40. The van der Waals surface area contributed by atoms with Gasteiger partial charge in [-0.15, -0.1) is 0 Å². The van der Waals surface area contributed by atoms with E-state index in [2.05, 4.69) is 0 Å². The van der Waals surface area contributed by atoms with Crippen molar-refractivity contribution in [3.05, 3.63) is 0 Å². The van der Waals surface area contributed by atoms with Gasteiger partial charge in [0.1, 0.15) is 5.78 Å². The molecule has 0 atom stereocenters. The van der Waals surface area contributed by atoms with Crippen LogP contribution >= 0.6 is 0 Å². The summed E-state index contributed by atoms with van der Waals surface area (Å²) in [4.78, 5) is 24.9. The molecule has 1 aliphatic heterocycles. The Morgan fingerprint density at radius 3 is 2.05 bits per heavy atom. The molecule has 0 aromatic heterocycles. The largest absolute Gasteiger partial charge is 0.391 e. The maximum atomic E-state index is 12.5. The van der Waals surface area contributed by atoms with Crippen LogP contribution in [0.1, 0.15) is 38.5 Å². The Balaban J connectivity index is 1.84. The molecule has 3 nitrogen and oxygen atoms in total. The fourth-order valence-electron chi connectivity index (χ4n) is 2.90. The van der Waals surface area contributed by atoms with Crippen LogP contribution in [0, 0.1) is 11.8 Å². The monoisotopic (exact) mass is 277 g/mol. The first-order valence-electron chi connectivity index (χ1n) is 6.75. The van der Waals surface area contributed by atoms with E-state index in [0.29, 0.717) is 38.8 Å². The van der Waals surface area contributed by atoms with Crippen LogP contribution in [-0.2, 0) is 9.59 Å². The lowest BCUT2D eigenvalue weighted by Crippen LogP contribution is -2.43. The van der Waals surface area contributed by atoms with E-state index in [-0.39, 0.29) is 30.4 Å². The van der Waals surface area contributed by atoms with Crippen LogP contribution in [0.5, 0.6) is 0 Å². The molecule has 0 spiro atoms. The van der Waals surface area contributed by atoms with Gasteiger partial charge in [0.15, 0.2) is 0 Å². The van der Waals surface area contributed by atoms with E-state index in [4.69, 9.17) is 0 Å².